The van der Waals surface area contributed by atoms with Gasteiger partial charge in [0.05, 0.1) is 18.9 Å². The summed E-state index contributed by atoms with van der Waals surface area (Å²) in [5.74, 6) is -0.153. The molecule has 1 fully saturated rings. The first-order chi connectivity index (χ1) is 14.0. The van der Waals surface area contributed by atoms with E-state index in [4.69, 9.17) is 16.3 Å². The molecule has 0 unspecified atom stereocenters. The first-order valence-corrected chi connectivity index (χ1v) is 10.1. The van der Waals surface area contributed by atoms with Gasteiger partial charge in [-0.1, -0.05) is 22.9 Å². The summed E-state index contributed by atoms with van der Waals surface area (Å²) in [5.41, 5.74) is 2.27. The molecule has 2 atom stereocenters. The highest BCUT2D eigenvalue weighted by molar-refractivity contribution is 7.15. The minimum atomic E-state index is -0.886. The number of rotatable bonds is 5. The number of nitrogens with zero attached hydrogens (tertiary/aromatic N) is 4. The monoisotopic (exact) mass is 433 g/mol. The summed E-state index contributed by atoms with van der Waals surface area (Å²) < 4.78 is 19.0. The summed E-state index contributed by atoms with van der Waals surface area (Å²) in [6.07, 6.45) is 3.39. The van der Waals surface area contributed by atoms with Crippen LogP contribution in [0.2, 0.25) is 5.15 Å². The Morgan fingerprint density at radius 3 is 2.76 bits per heavy atom. The number of ether oxygens (including phenoxy) is 1. The number of anilines is 1. The van der Waals surface area contributed by atoms with Crippen LogP contribution >= 0.6 is 22.9 Å². The van der Waals surface area contributed by atoms with Crippen molar-refractivity contribution in [3.05, 3.63) is 45.9 Å². The van der Waals surface area contributed by atoms with E-state index >= 15 is 0 Å². The van der Waals surface area contributed by atoms with E-state index < -0.39 is 12.1 Å². The predicted molar refractivity (Wildman–Crippen MR) is 109 cm³/mol. The number of alkyl halides is 1. The van der Waals surface area contributed by atoms with Gasteiger partial charge in [-0.2, -0.15) is 0 Å². The molecule has 7 nitrogen and oxygen atoms in total. The third-order valence-electron chi connectivity index (χ3n) is 4.80. The zero-order chi connectivity index (χ0) is 20.5. The first-order valence-electron chi connectivity index (χ1n) is 8.91. The van der Waals surface area contributed by atoms with Gasteiger partial charge < -0.3 is 4.74 Å². The molecule has 10 heteroatoms. The minimum Gasteiger partial charge on any atom is -0.494 e. The number of pyridine rings is 2. The van der Waals surface area contributed by atoms with Crippen LogP contribution < -0.4 is 10.1 Å². The molecule has 4 rings (SSSR count). The number of carbonyl (C=O) groups is 1. The van der Waals surface area contributed by atoms with Crippen molar-refractivity contribution in [1.29, 1.82) is 0 Å². The number of aromatic nitrogens is 4. The van der Waals surface area contributed by atoms with E-state index in [9.17, 15) is 9.18 Å². The second-order valence-electron chi connectivity index (χ2n) is 6.68. The molecule has 3 aromatic rings. The predicted octanol–water partition coefficient (Wildman–Crippen LogP) is 4.43. The smallest absolute Gasteiger partial charge is 0.259 e. The third-order valence-corrected chi connectivity index (χ3v) is 5.98. The van der Waals surface area contributed by atoms with Crippen molar-refractivity contribution in [3.63, 3.8) is 0 Å². The lowest BCUT2D eigenvalue weighted by molar-refractivity contribution is 0.102. The largest absolute Gasteiger partial charge is 0.494 e. The average molecular weight is 434 g/mol. The van der Waals surface area contributed by atoms with Crippen LogP contribution in [0.5, 0.6) is 5.75 Å². The Hall–Kier alpha value is -2.65. The maximum atomic E-state index is 13.6. The zero-order valence-corrected chi connectivity index (χ0v) is 17.2. The standard InChI is InChI=1S/C19H17ClFN5O2S/c1-9-5-11(12-6-16(20)23-8-15(12)28-2)13(7-22-9)17(27)24-19-26-25-18(29-19)10-3-4-14(10)21/h5-8,10,14H,3-4H2,1-2H3,(H,24,26,27)/t10-,14-/m1/s1. The minimum absolute atomic E-state index is 0.224. The molecule has 1 aliphatic carbocycles. The number of carbonyl (C=O) groups excluding carboxylic acids is 1. The van der Waals surface area contributed by atoms with Gasteiger partial charge in [0, 0.05) is 28.9 Å². The summed E-state index contributed by atoms with van der Waals surface area (Å²) in [5, 5.41) is 11.9. The number of amides is 1. The SMILES string of the molecule is COc1cnc(Cl)cc1-c1cc(C)ncc1C(=O)Nc1nnc([C@@H]2CC[C@H]2F)s1. The van der Waals surface area contributed by atoms with E-state index in [2.05, 4.69) is 25.5 Å². The Morgan fingerprint density at radius 1 is 1.24 bits per heavy atom. The molecule has 0 spiro atoms. The van der Waals surface area contributed by atoms with Crippen LogP contribution in [0.3, 0.4) is 0 Å². The molecule has 1 N–H and O–H groups in total. The number of hydrogen-bond acceptors (Lipinski definition) is 7. The molecule has 0 bridgehead atoms. The first kappa shape index (κ1) is 19.7. The molecule has 1 amide bonds. The van der Waals surface area contributed by atoms with Crippen molar-refractivity contribution in [3.8, 4) is 16.9 Å². The molecule has 0 saturated heterocycles. The highest BCUT2D eigenvalue weighted by Gasteiger charge is 2.35. The number of methoxy groups -OCH3 is 1. The van der Waals surface area contributed by atoms with Gasteiger partial charge in [-0.25, -0.2) is 9.37 Å². The van der Waals surface area contributed by atoms with Crippen molar-refractivity contribution in [2.45, 2.75) is 31.9 Å². The molecule has 0 aromatic carbocycles. The van der Waals surface area contributed by atoms with Crippen molar-refractivity contribution >= 4 is 34.0 Å². The Balaban J connectivity index is 1.65. The molecule has 29 heavy (non-hydrogen) atoms. The molecular weight excluding hydrogens is 417 g/mol. The van der Waals surface area contributed by atoms with Gasteiger partial charge in [-0.05, 0) is 31.9 Å². The molecule has 1 saturated carbocycles. The van der Waals surface area contributed by atoms with E-state index in [1.165, 1.54) is 30.8 Å². The highest BCUT2D eigenvalue weighted by atomic mass is 35.5. The summed E-state index contributed by atoms with van der Waals surface area (Å²) in [6, 6.07) is 3.41. The van der Waals surface area contributed by atoms with E-state index in [0.717, 1.165) is 12.1 Å². The van der Waals surface area contributed by atoms with Crippen LogP contribution in [-0.4, -0.2) is 39.4 Å². The third kappa shape index (κ3) is 3.92. The molecule has 3 aromatic heterocycles. The average Bonchev–Trinajstić information content (AvgIpc) is 3.13. The van der Waals surface area contributed by atoms with Gasteiger partial charge >= 0.3 is 0 Å². The molecule has 1 aliphatic rings. The van der Waals surface area contributed by atoms with E-state index in [1.807, 2.05) is 6.92 Å². The second kappa shape index (κ2) is 8.00. The Morgan fingerprint density at radius 2 is 2.07 bits per heavy atom. The maximum Gasteiger partial charge on any atom is 0.259 e. The van der Waals surface area contributed by atoms with Crippen molar-refractivity contribution in [2.24, 2.45) is 0 Å². The van der Waals surface area contributed by atoms with Crippen molar-refractivity contribution < 1.29 is 13.9 Å². The van der Waals surface area contributed by atoms with Gasteiger partial charge in [-0.3, -0.25) is 15.1 Å². The fraction of sp³-hybridized carbons (Fsp3) is 0.316. The van der Waals surface area contributed by atoms with Crippen LogP contribution in [0.25, 0.3) is 11.1 Å². The van der Waals surface area contributed by atoms with Gasteiger partial charge in [0.2, 0.25) is 5.13 Å². The maximum absolute atomic E-state index is 13.6. The lowest BCUT2D eigenvalue weighted by atomic mass is 9.84. The highest BCUT2D eigenvalue weighted by Crippen LogP contribution is 2.41. The van der Waals surface area contributed by atoms with Gasteiger partial charge in [-0.15, -0.1) is 10.2 Å². The molecule has 0 aliphatic heterocycles. The lowest BCUT2D eigenvalue weighted by Crippen LogP contribution is -2.24. The van der Waals surface area contributed by atoms with Crippen LogP contribution in [0.15, 0.2) is 24.5 Å². The molecule has 3 heterocycles. The number of hydrogen-bond donors (Lipinski definition) is 1. The van der Waals surface area contributed by atoms with Crippen LogP contribution in [0.1, 0.15) is 39.8 Å². The van der Waals surface area contributed by atoms with Crippen molar-refractivity contribution in [1.82, 2.24) is 20.2 Å². The fourth-order valence-electron chi connectivity index (χ4n) is 3.09. The molecule has 0 radical (unpaired) electrons. The molecular formula is C19H17ClFN5O2S. The van der Waals surface area contributed by atoms with E-state index in [1.54, 1.807) is 12.1 Å². The lowest BCUT2D eigenvalue weighted by Gasteiger charge is -2.27. The Bertz CT molecular complexity index is 1080. The number of halogens is 2. The van der Waals surface area contributed by atoms with Gasteiger partial charge in [0.15, 0.2) is 0 Å². The summed E-state index contributed by atoms with van der Waals surface area (Å²) in [4.78, 5) is 21.2. The van der Waals surface area contributed by atoms with Gasteiger partial charge in [0.1, 0.15) is 22.1 Å². The zero-order valence-electron chi connectivity index (χ0n) is 15.6. The van der Waals surface area contributed by atoms with E-state index in [-0.39, 0.29) is 11.1 Å². The Kier molecular flexibility index (Phi) is 5.42. The van der Waals surface area contributed by atoms with Crippen molar-refractivity contribution in [2.75, 3.05) is 12.4 Å². The summed E-state index contributed by atoms with van der Waals surface area (Å²) >= 11 is 7.25. The second-order valence-corrected chi connectivity index (χ2v) is 8.07. The van der Waals surface area contributed by atoms with Gasteiger partial charge in [0.25, 0.3) is 5.91 Å². The number of nitrogens with one attached hydrogen (secondary N) is 1. The quantitative estimate of drug-likeness (QED) is 0.598. The number of aryl methyl sites for hydroxylation is 1. The van der Waals surface area contributed by atoms with Crippen LogP contribution in [-0.2, 0) is 0 Å². The topological polar surface area (TPSA) is 89.9 Å². The Labute approximate surface area is 175 Å². The normalized spacial score (nSPS) is 18.2. The van der Waals surface area contributed by atoms with Crippen LogP contribution in [0.4, 0.5) is 9.52 Å². The van der Waals surface area contributed by atoms with Crippen LogP contribution in [0, 0.1) is 6.92 Å². The summed E-state index contributed by atoms with van der Waals surface area (Å²) in [6.45, 7) is 1.82. The molecule has 150 valence electrons. The fourth-order valence-corrected chi connectivity index (χ4v) is 4.17. The van der Waals surface area contributed by atoms with E-state index in [0.29, 0.717) is 39.0 Å². The summed E-state index contributed by atoms with van der Waals surface area (Å²) in [7, 11) is 1.52.